The van der Waals surface area contributed by atoms with Crippen molar-refractivity contribution in [3.63, 3.8) is 0 Å². The summed E-state index contributed by atoms with van der Waals surface area (Å²) in [6.07, 6.45) is -15.3. The SMILES string of the molecule is N#CCCN1C[C@@H](F)C[C@H]1C(=O)N1CC[C@]2(S(=O)(=O)c3ccc(F)cc3)c3ccc(C(F)(C(F)(F)F)C(F)(F)F)cc3CC[C@H]12. The molecule has 4 atom stereocenters. The van der Waals surface area contributed by atoms with E-state index < -0.39 is 73.0 Å². The number of aryl methyl sites for hydroxylation is 1. The van der Waals surface area contributed by atoms with E-state index in [1.807, 2.05) is 6.07 Å². The predicted octanol–water partition coefficient (Wildman–Crippen LogP) is 5.66. The number of benzene rings is 2. The van der Waals surface area contributed by atoms with Crippen LogP contribution in [-0.4, -0.2) is 74.4 Å². The zero-order valence-corrected chi connectivity index (χ0v) is 24.1. The average Bonchev–Trinajstić information content (AvgIpc) is 3.55. The number of carbonyl (C=O) groups excluding carboxylic acids is 1. The Kier molecular flexibility index (Phi) is 8.21. The maximum atomic E-state index is 15.0. The van der Waals surface area contributed by atoms with Crippen LogP contribution in [-0.2, 0) is 31.5 Å². The third kappa shape index (κ3) is 5.06. The highest BCUT2D eigenvalue weighted by atomic mass is 32.2. The lowest BCUT2D eigenvalue weighted by Crippen LogP contribution is -2.55. The van der Waals surface area contributed by atoms with Gasteiger partial charge in [-0.1, -0.05) is 18.2 Å². The molecular weight excluding hydrogens is 641 g/mol. The van der Waals surface area contributed by atoms with Gasteiger partial charge >= 0.3 is 18.0 Å². The fourth-order valence-electron chi connectivity index (χ4n) is 7.05. The molecule has 0 bridgehead atoms. The second-order valence-corrected chi connectivity index (χ2v) is 13.7. The van der Waals surface area contributed by atoms with Gasteiger partial charge in [-0.2, -0.15) is 31.6 Å². The summed E-state index contributed by atoms with van der Waals surface area (Å²) in [6, 6.07) is 4.66. The third-order valence-corrected chi connectivity index (χ3v) is 11.6. The van der Waals surface area contributed by atoms with Crippen LogP contribution in [0.15, 0.2) is 47.4 Å². The molecule has 2 aromatic rings. The number of likely N-dealkylation sites (tertiary alicyclic amines) is 2. The summed E-state index contributed by atoms with van der Waals surface area (Å²) >= 11 is 0. The minimum absolute atomic E-state index is 0.00949. The summed E-state index contributed by atoms with van der Waals surface area (Å²) in [5.74, 6) is -1.41. The molecule has 45 heavy (non-hydrogen) atoms. The van der Waals surface area contributed by atoms with Gasteiger partial charge in [-0.05, 0) is 54.7 Å². The molecule has 0 unspecified atom stereocenters. The fraction of sp³-hybridized carbons (Fsp3) is 0.517. The van der Waals surface area contributed by atoms with E-state index in [-0.39, 0.29) is 68.9 Å². The van der Waals surface area contributed by atoms with E-state index in [0.717, 1.165) is 30.3 Å². The van der Waals surface area contributed by atoms with Crippen molar-refractivity contribution in [2.75, 3.05) is 19.6 Å². The highest BCUT2D eigenvalue weighted by Crippen LogP contribution is 2.57. The van der Waals surface area contributed by atoms with Crippen molar-refractivity contribution in [3.05, 3.63) is 65.0 Å². The molecule has 244 valence electrons. The van der Waals surface area contributed by atoms with Crippen molar-refractivity contribution < 1.29 is 52.7 Å². The summed E-state index contributed by atoms with van der Waals surface area (Å²) in [7, 11) is -4.65. The van der Waals surface area contributed by atoms with Crippen LogP contribution < -0.4 is 0 Å². The van der Waals surface area contributed by atoms with Crippen molar-refractivity contribution in [1.82, 2.24) is 9.80 Å². The number of nitrogens with zero attached hydrogens (tertiary/aromatic N) is 3. The van der Waals surface area contributed by atoms with Crippen LogP contribution in [0.2, 0.25) is 0 Å². The molecule has 1 aliphatic carbocycles. The third-order valence-electron chi connectivity index (χ3n) is 9.10. The Bertz CT molecular complexity index is 1610. The molecule has 0 N–H and O–H groups in total. The number of nitriles is 1. The standard InChI is InChI=1S/C29H26F9N3O3S/c30-19-4-6-21(7-5-19)45(43,44)26-10-13-41(25(42)23-15-20(31)16-40(23)12-1-11-39)24(26)9-2-17-14-18(3-8-22(17)26)27(32,28(33,34)35)29(36,37)38/h3-8,14,20,23-24H,1-2,9-10,12-13,15-16H2/t20-,23-,24-,26-/m0/s1. The van der Waals surface area contributed by atoms with Crippen LogP contribution in [0.5, 0.6) is 0 Å². The monoisotopic (exact) mass is 667 g/mol. The Labute approximate surface area is 252 Å². The lowest BCUT2D eigenvalue weighted by Gasteiger charge is -2.43. The van der Waals surface area contributed by atoms with Crippen molar-refractivity contribution in [3.8, 4) is 6.07 Å². The molecule has 2 aromatic carbocycles. The summed E-state index contributed by atoms with van der Waals surface area (Å²) in [4.78, 5) is 16.2. The van der Waals surface area contributed by atoms with Crippen LogP contribution >= 0.6 is 0 Å². The summed E-state index contributed by atoms with van der Waals surface area (Å²) in [6.45, 7) is -0.284. The minimum atomic E-state index is -6.39. The van der Waals surface area contributed by atoms with Gasteiger partial charge in [-0.3, -0.25) is 9.69 Å². The van der Waals surface area contributed by atoms with Crippen LogP contribution in [0.4, 0.5) is 39.5 Å². The van der Waals surface area contributed by atoms with E-state index in [4.69, 9.17) is 5.26 Å². The zero-order chi connectivity index (χ0) is 33.2. The van der Waals surface area contributed by atoms with E-state index >= 15 is 0 Å². The van der Waals surface area contributed by atoms with Crippen molar-refractivity contribution >= 4 is 15.7 Å². The zero-order valence-electron chi connectivity index (χ0n) is 23.3. The van der Waals surface area contributed by atoms with Gasteiger partial charge < -0.3 is 4.90 Å². The summed E-state index contributed by atoms with van der Waals surface area (Å²) < 4.78 is 151. The number of fused-ring (bicyclic) bond motifs is 3. The van der Waals surface area contributed by atoms with Gasteiger partial charge in [0.2, 0.25) is 5.91 Å². The highest BCUT2D eigenvalue weighted by Gasteiger charge is 2.74. The van der Waals surface area contributed by atoms with Gasteiger partial charge in [-0.25, -0.2) is 21.6 Å². The van der Waals surface area contributed by atoms with E-state index in [9.17, 15) is 52.7 Å². The van der Waals surface area contributed by atoms with Crippen LogP contribution in [0.1, 0.15) is 42.4 Å². The lowest BCUT2D eigenvalue weighted by atomic mass is 9.76. The average molecular weight is 668 g/mol. The molecule has 0 spiro atoms. The quantitative estimate of drug-likeness (QED) is 0.294. The largest absolute Gasteiger partial charge is 0.435 e. The van der Waals surface area contributed by atoms with Gasteiger partial charge in [0.1, 0.15) is 16.7 Å². The number of hydrogen-bond donors (Lipinski definition) is 0. The Morgan fingerprint density at radius 3 is 2.27 bits per heavy atom. The molecule has 2 heterocycles. The molecule has 2 saturated heterocycles. The first-order chi connectivity index (χ1) is 20.9. The second-order valence-electron chi connectivity index (χ2n) is 11.5. The number of carbonyl (C=O) groups is 1. The Morgan fingerprint density at radius 1 is 1.02 bits per heavy atom. The van der Waals surface area contributed by atoms with Gasteiger partial charge in [0, 0.05) is 38.0 Å². The molecule has 3 aliphatic rings. The maximum Gasteiger partial charge on any atom is 0.435 e. The highest BCUT2D eigenvalue weighted by molar-refractivity contribution is 7.92. The topological polar surface area (TPSA) is 81.5 Å². The first kappa shape index (κ1) is 33.1. The molecule has 1 amide bonds. The predicted molar refractivity (Wildman–Crippen MR) is 140 cm³/mol. The molecule has 0 saturated carbocycles. The van der Waals surface area contributed by atoms with E-state index in [1.165, 1.54) is 9.80 Å². The smallest absolute Gasteiger partial charge is 0.336 e. The van der Waals surface area contributed by atoms with Gasteiger partial charge in [0.15, 0.2) is 9.84 Å². The normalized spacial score (nSPS) is 26.0. The number of sulfone groups is 1. The van der Waals surface area contributed by atoms with Gasteiger partial charge in [0.25, 0.3) is 0 Å². The Hall–Kier alpha value is -3.32. The van der Waals surface area contributed by atoms with Crippen molar-refractivity contribution in [2.45, 2.75) is 78.0 Å². The van der Waals surface area contributed by atoms with Crippen molar-refractivity contribution in [2.24, 2.45) is 0 Å². The molecule has 6 nitrogen and oxygen atoms in total. The minimum Gasteiger partial charge on any atom is -0.336 e. The van der Waals surface area contributed by atoms with Crippen LogP contribution in [0.3, 0.4) is 0 Å². The van der Waals surface area contributed by atoms with Gasteiger partial charge in [0.05, 0.1) is 23.0 Å². The van der Waals surface area contributed by atoms with Gasteiger partial charge in [-0.15, -0.1) is 0 Å². The molecule has 2 aliphatic heterocycles. The van der Waals surface area contributed by atoms with E-state index in [0.29, 0.717) is 6.07 Å². The molecule has 5 rings (SSSR count). The Morgan fingerprint density at radius 2 is 1.67 bits per heavy atom. The first-order valence-electron chi connectivity index (χ1n) is 13.9. The van der Waals surface area contributed by atoms with Crippen molar-refractivity contribution in [1.29, 1.82) is 5.26 Å². The molecule has 16 heteroatoms. The number of rotatable bonds is 6. The van der Waals surface area contributed by atoms with Crippen LogP contribution in [0, 0.1) is 17.1 Å². The van der Waals surface area contributed by atoms with E-state index in [2.05, 4.69) is 0 Å². The van der Waals surface area contributed by atoms with Crippen LogP contribution in [0.25, 0.3) is 0 Å². The lowest BCUT2D eigenvalue weighted by molar-refractivity contribution is -0.348. The second kappa shape index (κ2) is 11.2. The fourth-order valence-corrected chi connectivity index (χ4v) is 9.42. The maximum absolute atomic E-state index is 15.0. The summed E-state index contributed by atoms with van der Waals surface area (Å²) in [5.41, 5.74) is -8.00. The molecule has 0 aromatic heterocycles. The number of hydrogen-bond acceptors (Lipinski definition) is 5. The number of amides is 1. The Balaban J connectivity index is 1.65. The number of alkyl halides is 8. The molecule has 2 fully saturated rings. The molecule has 0 radical (unpaired) electrons. The summed E-state index contributed by atoms with van der Waals surface area (Å²) in [5, 5.41) is 8.98. The van der Waals surface area contributed by atoms with E-state index in [1.54, 1.807) is 0 Å². The number of halogens is 9. The molecular formula is C29H26F9N3O3S. The first-order valence-corrected chi connectivity index (χ1v) is 15.4.